The fraction of sp³-hybridized carbons (Fsp3) is 0.133. The number of hydrogen-bond acceptors (Lipinski definition) is 5. The van der Waals surface area contributed by atoms with Crippen molar-refractivity contribution in [3.8, 4) is 0 Å². The van der Waals surface area contributed by atoms with Crippen LogP contribution in [-0.4, -0.2) is 22.0 Å². The summed E-state index contributed by atoms with van der Waals surface area (Å²) in [6.45, 7) is 2.06. The summed E-state index contributed by atoms with van der Waals surface area (Å²) in [5.41, 5.74) is 3.02. The molecule has 1 aromatic carbocycles. The number of fused-ring (bicyclic) bond motifs is 1. The van der Waals surface area contributed by atoms with Crippen LogP contribution in [0.4, 0.5) is 17.3 Å². The van der Waals surface area contributed by atoms with Crippen LogP contribution in [0.3, 0.4) is 0 Å². The zero-order chi connectivity index (χ0) is 13.9. The summed E-state index contributed by atoms with van der Waals surface area (Å²) in [5, 5.41) is 7.30. The lowest BCUT2D eigenvalue weighted by Gasteiger charge is -2.09. The van der Waals surface area contributed by atoms with Crippen LogP contribution in [0, 0.1) is 6.92 Å². The third-order valence-electron chi connectivity index (χ3n) is 3.06. The summed E-state index contributed by atoms with van der Waals surface area (Å²) in [5.74, 6) is 1.57. The number of pyridine rings is 1. The van der Waals surface area contributed by atoms with Gasteiger partial charge in [-0.2, -0.15) is 0 Å². The second-order valence-electron chi connectivity index (χ2n) is 4.55. The van der Waals surface area contributed by atoms with E-state index in [-0.39, 0.29) is 0 Å². The van der Waals surface area contributed by atoms with Crippen LogP contribution >= 0.6 is 0 Å². The van der Waals surface area contributed by atoms with Crippen LogP contribution in [-0.2, 0) is 0 Å². The van der Waals surface area contributed by atoms with Crippen LogP contribution in [0.15, 0.2) is 42.9 Å². The van der Waals surface area contributed by atoms with Gasteiger partial charge < -0.3 is 10.6 Å². The molecule has 2 N–H and O–H groups in total. The fourth-order valence-corrected chi connectivity index (χ4v) is 2.05. The van der Waals surface area contributed by atoms with Crippen molar-refractivity contribution in [1.82, 2.24) is 15.0 Å². The maximum absolute atomic E-state index is 4.33. The van der Waals surface area contributed by atoms with E-state index >= 15 is 0 Å². The highest BCUT2D eigenvalue weighted by molar-refractivity contribution is 5.91. The highest BCUT2D eigenvalue weighted by Gasteiger charge is 2.05. The van der Waals surface area contributed by atoms with E-state index in [0.717, 1.165) is 28.2 Å². The predicted octanol–water partition coefficient (Wildman–Crippen LogP) is 3.12. The summed E-state index contributed by atoms with van der Waals surface area (Å²) >= 11 is 0. The lowest BCUT2D eigenvalue weighted by molar-refractivity contribution is 1.20. The highest BCUT2D eigenvalue weighted by atomic mass is 15.0. The predicted molar refractivity (Wildman–Crippen MR) is 81.3 cm³/mol. The lowest BCUT2D eigenvalue weighted by Crippen LogP contribution is -1.98. The number of rotatable bonds is 3. The molecule has 3 rings (SSSR count). The first-order valence-electron chi connectivity index (χ1n) is 6.38. The van der Waals surface area contributed by atoms with Gasteiger partial charge in [0.2, 0.25) is 0 Å². The van der Waals surface area contributed by atoms with Gasteiger partial charge in [0.25, 0.3) is 0 Å². The Labute approximate surface area is 117 Å². The Hall–Kier alpha value is -2.69. The molecule has 0 saturated carbocycles. The van der Waals surface area contributed by atoms with E-state index < -0.39 is 0 Å². The van der Waals surface area contributed by atoms with Gasteiger partial charge in [-0.3, -0.25) is 0 Å². The van der Waals surface area contributed by atoms with Gasteiger partial charge in [-0.15, -0.1) is 0 Å². The summed E-state index contributed by atoms with van der Waals surface area (Å²) in [6, 6.07) is 10.1. The van der Waals surface area contributed by atoms with Crippen molar-refractivity contribution in [3.05, 3.63) is 48.4 Å². The van der Waals surface area contributed by atoms with Crippen molar-refractivity contribution in [1.29, 1.82) is 0 Å². The van der Waals surface area contributed by atoms with Crippen LogP contribution in [0.5, 0.6) is 0 Å². The standard InChI is InChI=1S/C15H15N5/c1-10-4-3-5-11(6-10)20-15-12-7-14(16-2)17-8-13(12)18-9-19-15/h3-9H,1-2H3,(H,16,17)(H,18,19,20). The van der Waals surface area contributed by atoms with Crippen LogP contribution in [0.25, 0.3) is 10.9 Å². The minimum absolute atomic E-state index is 0.777. The average molecular weight is 265 g/mol. The Morgan fingerprint density at radius 3 is 2.75 bits per heavy atom. The molecule has 2 aromatic heterocycles. The first-order chi connectivity index (χ1) is 9.76. The summed E-state index contributed by atoms with van der Waals surface area (Å²) < 4.78 is 0. The van der Waals surface area contributed by atoms with Crippen LogP contribution < -0.4 is 10.6 Å². The van der Waals surface area contributed by atoms with Gasteiger partial charge in [0.05, 0.1) is 11.7 Å². The molecule has 5 nitrogen and oxygen atoms in total. The van der Waals surface area contributed by atoms with Crippen LogP contribution in [0.1, 0.15) is 5.56 Å². The molecule has 0 radical (unpaired) electrons. The number of hydrogen-bond donors (Lipinski definition) is 2. The summed E-state index contributed by atoms with van der Waals surface area (Å²) in [4.78, 5) is 12.8. The largest absolute Gasteiger partial charge is 0.373 e. The SMILES string of the molecule is CNc1cc2c(Nc3cccc(C)c3)ncnc2cn1. The van der Waals surface area contributed by atoms with Crippen molar-refractivity contribution in [2.24, 2.45) is 0 Å². The van der Waals surface area contributed by atoms with Gasteiger partial charge in [0, 0.05) is 18.1 Å². The van der Waals surface area contributed by atoms with Gasteiger partial charge >= 0.3 is 0 Å². The van der Waals surface area contributed by atoms with Crippen LogP contribution in [0.2, 0.25) is 0 Å². The van der Waals surface area contributed by atoms with E-state index in [1.54, 1.807) is 12.5 Å². The van der Waals surface area contributed by atoms with E-state index in [1.165, 1.54) is 5.56 Å². The minimum Gasteiger partial charge on any atom is -0.373 e. The second-order valence-corrected chi connectivity index (χ2v) is 4.55. The van der Waals surface area contributed by atoms with Crippen molar-refractivity contribution >= 4 is 28.2 Å². The number of nitrogens with zero attached hydrogens (tertiary/aromatic N) is 3. The second kappa shape index (κ2) is 5.13. The Balaban J connectivity index is 2.06. The monoisotopic (exact) mass is 265 g/mol. The molecule has 0 spiro atoms. The average Bonchev–Trinajstić information content (AvgIpc) is 2.47. The van der Waals surface area contributed by atoms with Gasteiger partial charge in [0.15, 0.2) is 0 Å². The van der Waals surface area contributed by atoms with Crippen molar-refractivity contribution in [2.45, 2.75) is 6.92 Å². The van der Waals surface area contributed by atoms with Gasteiger partial charge in [0.1, 0.15) is 18.0 Å². The molecule has 0 bridgehead atoms. The number of nitrogens with one attached hydrogen (secondary N) is 2. The minimum atomic E-state index is 0.777. The summed E-state index contributed by atoms with van der Waals surface area (Å²) in [7, 11) is 1.84. The summed E-state index contributed by atoms with van der Waals surface area (Å²) in [6.07, 6.45) is 3.28. The van der Waals surface area contributed by atoms with E-state index in [4.69, 9.17) is 0 Å². The lowest BCUT2D eigenvalue weighted by atomic mass is 10.2. The molecule has 3 aromatic rings. The molecule has 20 heavy (non-hydrogen) atoms. The number of benzene rings is 1. The topological polar surface area (TPSA) is 62.7 Å². The van der Waals surface area contributed by atoms with Gasteiger partial charge in [-0.1, -0.05) is 12.1 Å². The molecule has 0 aliphatic heterocycles. The van der Waals surface area contributed by atoms with E-state index in [0.29, 0.717) is 0 Å². The molecule has 0 aliphatic carbocycles. The molecule has 0 fully saturated rings. The Morgan fingerprint density at radius 2 is 1.95 bits per heavy atom. The smallest absolute Gasteiger partial charge is 0.141 e. The van der Waals surface area contributed by atoms with Gasteiger partial charge in [-0.05, 0) is 30.7 Å². The number of anilines is 3. The molecule has 5 heteroatoms. The Kier molecular flexibility index (Phi) is 3.16. The molecule has 100 valence electrons. The van der Waals surface area contributed by atoms with Gasteiger partial charge in [-0.25, -0.2) is 15.0 Å². The first-order valence-corrected chi connectivity index (χ1v) is 6.38. The molecule has 0 atom stereocenters. The molecule has 2 heterocycles. The van der Waals surface area contributed by atoms with Crippen molar-refractivity contribution < 1.29 is 0 Å². The normalized spacial score (nSPS) is 10.5. The van der Waals surface area contributed by atoms with E-state index in [1.807, 2.05) is 25.2 Å². The van der Waals surface area contributed by atoms with Crippen molar-refractivity contribution in [3.63, 3.8) is 0 Å². The maximum atomic E-state index is 4.33. The van der Waals surface area contributed by atoms with E-state index in [9.17, 15) is 0 Å². The number of aryl methyl sites for hydroxylation is 1. The zero-order valence-electron chi connectivity index (χ0n) is 11.4. The molecular weight excluding hydrogens is 250 g/mol. The van der Waals surface area contributed by atoms with E-state index in [2.05, 4.69) is 44.6 Å². The third kappa shape index (κ3) is 2.38. The number of aromatic nitrogens is 3. The molecular formula is C15H15N5. The fourth-order valence-electron chi connectivity index (χ4n) is 2.05. The molecule has 0 saturated heterocycles. The highest BCUT2D eigenvalue weighted by Crippen LogP contribution is 2.24. The van der Waals surface area contributed by atoms with Crippen molar-refractivity contribution in [2.75, 3.05) is 17.7 Å². The Bertz CT molecular complexity index is 754. The molecule has 0 aliphatic rings. The third-order valence-corrected chi connectivity index (χ3v) is 3.06. The maximum Gasteiger partial charge on any atom is 0.141 e. The molecule has 0 amide bonds. The first kappa shape index (κ1) is 12.3. The zero-order valence-corrected chi connectivity index (χ0v) is 11.4. The molecule has 0 unspecified atom stereocenters. The quantitative estimate of drug-likeness (QED) is 0.761. The Morgan fingerprint density at radius 1 is 1.05 bits per heavy atom.